The van der Waals surface area contributed by atoms with Crippen LogP contribution in [0.3, 0.4) is 0 Å². The zero-order valence-electron chi connectivity index (χ0n) is 18.6. The van der Waals surface area contributed by atoms with Gasteiger partial charge in [0.2, 0.25) is 17.7 Å². The lowest BCUT2D eigenvalue weighted by molar-refractivity contribution is -0.125. The van der Waals surface area contributed by atoms with E-state index in [1.807, 2.05) is 31.2 Å². The van der Waals surface area contributed by atoms with Crippen LogP contribution in [0.15, 0.2) is 48.7 Å². The van der Waals surface area contributed by atoms with Crippen LogP contribution < -0.4 is 15.5 Å². The summed E-state index contributed by atoms with van der Waals surface area (Å²) in [6.45, 7) is 6.69. The van der Waals surface area contributed by atoms with E-state index >= 15 is 0 Å². The van der Waals surface area contributed by atoms with Gasteiger partial charge >= 0.3 is 0 Å². The molecule has 2 aromatic rings. The Hall–Kier alpha value is -3.22. The first-order valence-electron chi connectivity index (χ1n) is 10.8. The van der Waals surface area contributed by atoms with E-state index in [2.05, 4.69) is 29.5 Å². The summed E-state index contributed by atoms with van der Waals surface area (Å²) in [4.78, 5) is 43.3. The second-order valence-electron chi connectivity index (χ2n) is 7.76. The number of carbonyl (C=O) groups is 3. The van der Waals surface area contributed by atoms with Gasteiger partial charge in [0, 0.05) is 31.3 Å². The van der Waals surface area contributed by atoms with Crippen molar-refractivity contribution in [3.8, 4) is 0 Å². The number of hydrogen-bond donors (Lipinski definition) is 2. The number of amides is 3. The van der Waals surface area contributed by atoms with E-state index in [-0.39, 0.29) is 37.1 Å². The van der Waals surface area contributed by atoms with Crippen LogP contribution in [-0.4, -0.2) is 35.8 Å². The SMILES string of the molecule is CCc1ccccc1N(CC(=O)NCCC(C)C)C(=O)CCC(=O)Nc1ccccn1. The van der Waals surface area contributed by atoms with Crippen LogP contribution in [0, 0.1) is 5.92 Å². The summed E-state index contributed by atoms with van der Waals surface area (Å²) in [7, 11) is 0. The topological polar surface area (TPSA) is 91.4 Å². The maximum Gasteiger partial charge on any atom is 0.240 e. The molecule has 2 rings (SSSR count). The van der Waals surface area contributed by atoms with E-state index < -0.39 is 0 Å². The van der Waals surface area contributed by atoms with Crippen molar-refractivity contribution in [2.75, 3.05) is 23.3 Å². The largest absolute Gasteiger partial charge is 0.355 e. The first-order valence-corrected chi connectivity index (χ1v) is 10.8. The van der Waals surface area contributed by atoms with Crippen LogP contribution in [0.5, 0.6) is 0 Å². The zero-order chi connectivity index (χ0) is 22.6. The molecule has 0 atom stereocenters. The molecule has 7 nitrogen and oxygen atoms in total. The Labute approximate surface area is 184 Å². The van der Waals surface area contributed by atoms with Gasteiger partial charge in [0.1, 0.15) is 12.4 Å². The highest BCUT2D eigenvalue weighted by Crippen LogP contribution is 2.22. The number of anilines is 2. The van der Waals surface area contributed by atoms with Crippen LogP contribution in [-0.2, 0) is 20.8 Å². The summed E-state index contributed by atoms with van der Waals surface area (Å²) in [5, 5.41) is 5.56. The lowest BCUT2D eigenvalue weighted by atomic mass is 10.1. The molecule has 0 aliphatic rings. The Morgan fingerprint density at radius 2 is 1.74 bits per heavy atom. The van der Waals surface area contributed by atoms with Gasteiger partial charge in [-0.2, -0.15) is 0 Å². The van der Waals surface area contributed by atoms with E-state index in [0.29, 0.717) is 24.0 Å². The molecule has 0 spiro atoms. The highest BCUT2D eigenvalue weighted by atomic mass is 16.2. The third-order valence-electron chi connectivity index (χ3n) is 4.81. The number of para-hydroxylation sites is 1. The molecule has 0 saturated carbocycles. The molecule has 31 heavy (non-hydrogen) atoms. The number of aromatic nitrogens is 1. The van der Waals surface area contributed by atoms with Crippen molar-refractivity contribution in [3.63, 3.8) is 0 Å². The summed E-state index contributed by atoms with van der Waals surface area (Å²) in [5.41, 5.74) is 1.68. The molecule has 0 aliphatic carbocycles. The lowest BCUT2D eigenvalue weighted by Crippen LogP contribution is -2.42. The number of pyridine rings is 1. The van der Waals surface area contributed by atoms with E-state index in [9.17, 15) is 14.4 Å². The average Bonchev–Trinajstić information content (AvgIpc) is 2.76. The fourth-order valence-corrected chi connectivity index (χ4v) is 3.08. The van der Waals surface area contributed by atoms with Crippen molar-refractivity contribution in [2.24, 2.45) is 5.92 Å². The number of nitrogens with zero attached hydrogens (tertiary/aromatic N) is 2. The van der Waals surface area contributed by atoms with Crippen molar-refractivity contribution in [2.45, 2.75) is 46.5 Å². The first kappa shape index (κ1) is 24.1. The van der Waals surface area contributed by atoms with E-state index in [0.717, 1.165) is 18.4 Å². The summed E-state index contributed by atoms with van der Waals surface area (Å²) >= 11 is 0. The van der Waals surface area contributed by atoms with E-state index in [1.165, 1.54) is 4.90 Å². The molecule has 1 aromatic carbocycles. The molecule has 0 radical (unpaired) electrons. The second-order valence-corrected chi connectivity index (χ2v) is 7.76. The maximum atomic E-state index is 13.0. The van der Waals surface area contributed by atoms with Gasteiger partial charge in [-0.1, -0.05) is 45.0 Å². The Kier molecular flexibility index (Phi) is 9.68. The molecule has 0 bridgehead atoms. The minimum absolute atomic E-state index is 0.00398. The molecular weight excluding hydrogens is 392 g/mol. The molecule has 3 amide bonds. The van der Waals surface area contributed by atoms with Crippen LogP contribution in [0.2, 0.25) is 0 Å². The minimum Gasteiger partial charge on any atom is -0.355 e. The molecule has 0 aliphatic heterocycles. The predicted molar refractivity (Wildman–Crippen MR) is 123 cm³/mol. The average molecular weight is 425 g/mol. The number of aryl methyl sites for hydroxylation is 1. The van der Waals surface area contributed by atoms with Gasteiger partial charge in [-0.15, -0.1) is 0 Å². The van der Waals surface area contributed by atoms with Gasteiger partial charge in [0.15, 0.2) is 0 Å². The predicted octanol–water partition coefficient (Wildman–Crippen LogP) is 3.56. The standard InChI is InChI=1S/C24H32N4O3/c1-4-19-9-5-6-10-20(19)28(17-23(30)26-16-14-18(2)3)24(31)13-12-22(29)27-21-11-7-8-15-25-21/h5-11,15,18H,4,12-14,16-17H2,1-3H3,(H,26,30)(H,25,27,29). The zero-order valence-corrected chi connectivity index (χ0v) is 18.6. The van der Waals surface area contributed by atoms with Crippen LogP contribution >= 0.6 is 0 Å². The number of nitrogens with one attached hydrogen (secondary N) is 2. The van der Waals surface area contributed by atoms with Crippen molar-refractivity contribution >= 4 is 29.2 Å². The number of rotatable bonds is 11. The first-order chi connectivity index (χ1) is 14.9. The molecule has 0 fully saturated rings. The number of benzene rings is 1. The number of hydrogen-bond acceptors (Lipinski definition) is 4. The van der Waals surface area contributed by atoms with E-state index in [1.54, 1.807) is 24.4 Å². The Morgan fingerprint density at radius 1 is 1.00 bits per heavy atom. The van der Waals surface area contributed by atoms with E-state index in [4.69, 9.17) is 0 Å². The van der Waals surface area contributed by atoms with Gasteiger partial charge in [0.25, 0.3) is 0 Å². The van der Waals surface area contributed by atoms with Gasteiger partial charge < -0.3 is 15.5 Å². The van der Waals surface area contributed by atoms with Gasteiger partial charge in [-0.25, -0.2) is 4.98 Å². The van der Waals surface area contributed by atoms with Crippen LogP contribution in [0.1, 0.15) is 45.6 Å². The Balaban J connectivity index is 2.05. The quantitative estimate of drug-likeness (QED) is 0.577. The highest BCUT2D eigenvalue weighted by Gasteiger charge is 2.22. The Bertz CT molecular complexity index is 868. The molecule has 2 N–H and O–H groups in total. The second kappa shape index (κ2) is 12.5. The smallest absolute Gasteiger partial charge is 0.240 e. The summed E-state index contributed by atoms with van der Waals surface area (Å²) in [6, 6.07) is 12.8. The molecule has 0 saturated heterocycles. The normalized spacial score (nSPS) is 10.6. The summed E-state index contributed by atoms with van der Waals surface area (Å²) in [6.07, 6.45) is 3.20. The third kappa shape index (κ3) is 8.20. The maximum absolute atomic E-state index is 13.0. The molecule has 1 aromatic heterocycles. The van der Waals surface area contributed by atoms with Crippen molar-refractivity contribution in [1.82, 2.24) is 10.3 Å². The molecule has 0 unspecified atom stereocenters. The fraction of sp³-hybridized carbons (Fsp3) is 0.417. The lowest BCUT2D eigenvalue weighted by Gasteiger charge is -2.25. The molecule has 166 valence electrons. The molecule has 7 heteroatoms. The van der Waals surface area contributed by atoms with Crippen molar-refractivity contribution < 1.29 is 14.4 Å². The van der Waals surface area contributed by atoms with Crippen LogP contribution in [0.4, 0.5) is 11.5 Å². The van der Waals surface area contributed by atoms with Gasteiger partial charge in [-0.05, 0) is 42.5 Å². The van der Waals surface area contributed by atoms with Crippen LogP contribution in [0.25, 0.3) is 0 Å². The van der Waals surface area contributed by atoms with Crippen molar-refractivity contribution in [3.05, 3.63) is 54.2 Å². The van der Waals surface area contributed by atoms with Crippen molar-refractivity contribution in [1.29, 1.82) is 0 Å². The Morgan fingerprint density at radius 3 is 2.42 bits per heavy atom. The minimum atomic E-state index is -0.294. The third-order valence-corrected chi connectivity index (χ3v) is 4.81. The summed E-state index contributed by atoms with van der Waals surface area (Å²) in [5.74, 6) is 0.153. The van der Waals surface area contributed by atoms with Gasteiger partial charge in [0.05, 0.1) is 0 Å². The summed E-state index contributed by atoms with van der Waals surface area (Å²) < 4.78 is 0. The highest BCUT2D eigenvalue weighted by molar-refractivity contribution is 6.01. The van der Waals surface area contributed by atoms with Gasteiger partial charge in [-0.3, -0.25) is 14.4 Å². The molecule has 1 heterocycles. The fourth-order valence-electron chi connectivity index (χ4n) is 3.08. The molecular formula is C24H32N4O3. The monoisotopic (exact) mass is 424 g/mol. The number of carbonyl (C=O) groups excluding carboxylic acids is 3.